The number of hydrogen-bond donors (Lipinski definition) is 1. The lowest BCUT2D eigenvalue weighted by molar-refractivity contribution is -0.117. The SMILES string of the molecule is Cc1nc(N2C(=O)C(O)=C(C(=O)c3cc4ccccc4o3)C2c2ccccc2F)sc1C. The molecular weight excluding hydrogens is 431 g/mol. The summed E-state index contributed by atoms with van der Waals surface area (Å²) in [5.74, 6) is -2.89. The summed E-state index contributed by atoms with van der Waals surface area (Å²) in [7, 11) is 0. The van der Waals surface area contributed by atoms with Crippen LogP contribution in [0.1, 0.15) is 32.7 Å². The van der Waals surface area contributed by atoms with E-state index in [9.17, 15) is 19.1 Å². The van der Waals surface area contributed by atoms with Crippen molar-refractivity contribution in [1.82, 2.24) is 4.98 Å². The molecule has 6 nitrogen and oxygen atoms in total. The molecule has 1 atom stereocenters. The zero-order valence-electron chi connectivity index (χ0n) is 17.1. The molecule has 0 spiro atoms. The number of carbonyl (C=O) groups is 2. The van der Waals surface area contributed by atoms with Gasteiger partial charge in [0.15, 0.2) is 16.7 Å². The highest BCUT2D eigenvalue weighted by Gasteiger charge is 2.47. The van der Waals surface area contributed by atoms with E-state index in [2.05, 4.69) is 4.98 Å². The van der Waals surface area contributed by atoms with Crippen molar-refractivity contribution in [1.29, 1.82) is 0 Å². The highest BCUT2D eigenvalue weighted by Crippen LogP contribution is 2.44. The van der Waals surface area contributed by atoms with Crippen molar-refractivity contribution >= 4 is 39.1 Å². The molecule has 1 aliphatic rings. The first-order valence-corrected chi connectivity index (χ1v) is 10.7. The summed E-state index contributed by atoms with van der Waals surface area (Å²) in [6.07, 6.45) is 0. The third-order valence-corrected chi connectivity index (χ3v) is 6.60. The second-order valence-corrected chi connectivity index (χ2v) is 8.66. The molecule has 0 saturated carbocycles. The lowest BCUT2D eigenvalue weighted by atomic mass is 9.95. The molecule has 0 aliphatic carbocycles. The third kappa shape index (κ3) is 3.03. The van der Waals surface area contributed by atoms with Crippen LogP contribution in [0.2, 0.25) is 0 Å². The third-order valence-electron chi connectivity index (χ3n) is 5.53. The Bertz CT molecular complexity index is 1380. The van der Waals surface area contributed by atoms with Crippen molar-refractivity contribution in [2.45, 2.75) is 19.9 Å². The Hall–Kier alpha value is -3.78. The van der Waals surface area contributed by atoms with Gasteiger partial charge in [-0.1, -0.05) is 36.4 Å². The molecule has 4 aromatic rings. The number of anilines is 1. The average molecular weight is 448 g/mol. The number of halogens is 1. The Balaban J connectivity index is 1.69. The van der Waals surface area contributed by atoms with Crippen LogP contribution in [0.15, 0.2) is 70.3 Å². The summed E-state index contributed by atoms with van der Waals surface area (Å²) in [6, 6.07) is 13.3. The zero-order chi connectivity index (χ0) is 22.6. The standard InChI is InChI=1S/C24H17FN2O4S/c1-12-13(2)32-24(26-12)27-20(15-8-4-5-9-16(15)25)19(22(29)23(27)30)21(28)18-11-14-7-3-6-10-17(14)31-18/h3-11,20,29H,1-2H3. The van der Waals surface area contributed by atoms with Crippen LogP contribution in [0.3, 0.4) is 0 Å². The normalized spacial score (nSPS) is 16.4. The lowest BCUT2D eigenvalue weighted by Gasteiger charge is -2.24. The largest absolute Gasteiger partial charge is 0.503 e. The van der Waals surface area contributed by atoms with Crippen molar-refractivity contribution in [3.63, 3.8) is 0 Å². The molecule has 1 unspecified atom stereocenters. The summed E-state index contributed by atoms with van der Waals surface area (Å²) in [5.41, 5.74) is 1.03. The van der Waals surface area contributed by atoms with E-state index in [0.717, 1.165) is 4.88 Å². The van der Waals surface area contributed by atoms with E-state index in [-0.39, 0.29) is 22.0 Å². The van der Waals surface area contributed by atoms with Gasteiger partial charge in [-0.05, 0) is 32.0 Å². The number of aryl methyl sites for hydroxylation is 2. The van der Waals surface area contributed by atoms with Gasteiger partial charge in [0.25, 0.3) is 5.91 Å². The number of aliphatic hydroxyl groups is 1. The van der Waals surface area contributed by atoms with Gasteiger partial charge in [0, 0.05) is 15.8 Å². The van der Waals surface area contributed by atoms with Gasteiger partial charge in [0.05, 0.1) is 11.3 Å². The summed E-state index contributed by atoms with van der Waals surface area (Å²) >= 11 is 1.23. The van der Waals surface area contributed by atoms with Gasteiger partial charge in [0.2, 0.25) is 5.78 Å². The molecule has 2 aromatic heterocycles. The Labute approximate surface area is 186 Å². The number of Topliss-reactive ketones (excluding diaryl/α,β-unsaturated/α-hetero) is 1. The minimum Gasteiger partial charge on any atom is -0.503 e. The van der Waals surface area contributed by atoms with Crippen molar-refractivity contribution in [3.05, 3.63) is 93.6 Å². The second kappa shape index (κ2) is 7.42. The first kappa shape index (κ1) is 20.1. The number of nitrogens with zero attached hydrogens (tertiary/aromatic N) is 2. The van der Waals surface area contributed by atoms with Crippen LogP contribution >= 0.6 is 11.3 Å². The second-order valence-electron chi connectivity index (χ2n) is 7.48. The molecule has 32 heavy (non-hydrogen) atoms. The molecule has 5 rings (SSSR count). The minimum absolute atomic E-state index is 0.0461. The number of thiazole rings is 1. The van der Waals surface area contributed by atoms with Gasteiger partial charge >= 0.3 is 0 Å². The van der Waals surface area contributed by atoms with E-state index in [0.29, 0.717) is 16.7 Å². The number of ketones is 1. The molecule has 1 amide bonds. The molecular formula is C24H17FN2O4S. The number of furan rings is 1. The highest BCUT2D eigenvalue weighted by atomic mass is 32.1. The number of aromatic nitrogens is 1. The molecule has 0 bridgehead atoms. The van der Waals surface area contributed by atoms with Gasteiger partial charge in [-0.25, -0.2) is 9.37 Å². The maximum absolute atomic E-state index is 14.9. The quantitative estimate of drug-likeness (QED) is 0.421. The summed E-state index contributed by atoms with van der Waals surface area (Å²) in [6.45, 7) is 3.64. The fraction of sp³-hybridized carbons (Fsp3) is 0.125. The number of amides is 1. The Kier molecular flexibility index (Phi) is 4.67. The predicted molar refractivity (Wildman–Crippen MR) is 118 cm³/mol. The first-order valence-electron chi connectivity index (χ1n) is 9.85. The monoisotopic (exact) mass is 448 g/mol. The highest BCUT2D eigenvalue weighted by molar-refractivity contribution is 7.15. The number of benzene rings is 2. The van der Waals surface area contributed by atoms with Crippen LogP contribution in [-0.4, -0.2) is 21.8 Å². The number of hydrogen-bond acceptors (Lipinski definition) is 6. The van der Waals surface area contributed by atoms with Crippen molar-refractivity contribution in [2.24, 2.45) is 0 Å². The van der Waals surface area contributed by atoms with Crippen LogP contribution in [0.4, 0.5) is 9.52 Å². The van der Waals surface area contributed by atoms with Crippen LogP contribution in [-0.2, 0) is 4.79 Å². The van der Waals surface area contributed by atoms with E-state index in [1.54, 1.807) is 43.3 Å². The molecule has 3 heterocycles. The molecule has 0 fully saturated rings. The van der Waals surface area contributed by atoms with Gasteiger partial charge < -0.3 is 9.52 Å². The van der Waals surface area contributed by atoms with Crippen molar-refractivity contribution in [2.75, 3.05) is 4.90 Å². The zero-order valence-corrected chi connectivity index (χ0v) is 17.9. The smallest absolute Gasteiger partial charge is 0.296 e. The fourth-order valence-corrected chi connectivity index (χ4v) is 4.75. The number of para-hydroxylation sites is 1. The Morgan fingerprint density at radius 2 is 1.88 bits per heavy atom. The number of carbonyl (C=O) groups excluding carboxylic acids is 2. The van der Waals surface area contributed by atoms with Crippen LogP contribution in [0, 0.1) is 19.7 Å². The lowest BCUT2D eigenvalue weighted by Crippen LogP contribution is -2.31. The van der Waals surface area contributed by atoms with Crippen LogP contribution in [0.5, 0.6) is 0 Å². The number of rotatable bonds is 4. The van der Waals surface area contributed by atoms with Gasteiger partial charge in [-0.2, -0.15) is 0 Å². The molecule has 8 heteroatoms. The molecule has 2 aromatic carbocycles. The van der Waals surface area contributed by atoms with Crippen LogP contribution < -0.4 is 4.90 Å². The first-order chi connectivity index (χ1) is 15.4. The van der Waals surface area contributed by atoms with E-state index in [4.69, 9.17) is 4.42 Å². The van der Waals surface area contributed by atoms with E-state index < -0.39 is 29.3 Å². The summed E-state index contributed by atoms with van der Waals surface area (Å²) < 4.78 is 20.6. The molecule has 0 saturated heterocycles. The molecule has 160 valence electrons. The van der Waals surface area contributed by atoms with E-state index in [1.165, 1.54) is 34.4 Å². The van der Waals surface area contributed by atoms with Gasteiger partial charge in [-0.15, -0.1) is 11.3 Å². The Morgan fingerprint density at radius 1 is 1.16 bits per heavy atom. The van der Waals surface area contributed by atoms with Gasteiger partial charge in [0.1, 0.15) is 17.4 Å². The maximum atomic E-state index is 14.9. The average Bonchev–Trinajstić information content (AvgIpc) is 3.43. The van der Waals surface area contributed by atoms with Gasteiger partial charge in [-0.3, -0.25) is 14.5 Å². The Morgan fingerprint density at radius 3 is 2.56 bits per heavy atom. The predicted octanol–water partition coefficient (Wildman–Crippen LogP) is 5.43. The van der Waals surface area contributed by atoms with E-state index >= 15 is 0 Å². The minimum atomic E-state index is -1.19. The topological polar surface area (TPSA) is 83.6 Å². The summed E-state index contributed by atoms with van der Waals surface area (Å²) in [5, 5.41) is 11.7. The fourth-order valence-electron chi connectivity index (χ4n) is 3.81. The van der Waals surface area contributed by atoms with Crippen molar-refractivity contribution in [3.8, 4) is 0 Å². The van der Waals surface area contributed by atoms with Crippen LogP contribution in [0.25, 0.3) is 11.0 Å². The summed E-state index contributed by atoms with van der Waals surface area (Å²) in [4.78, 5) is 33.1. The molecule has 1 N–H and O–H groups in total. The number of aliphatic hydroxyl groups excluding tert-OH is 1. The van der Waals surface area contributed by atoms with E-state index in [1.807, 2.05) is 6.92 Å². The van der Waals surface area contributed by atoms with Crippen molar-refractivity contribution < 1.29 is 23.5 Å². The molecule has 0 radical (unpaired) electrons. The molecule has 1 aliphatic heterocycles. The number of fused-ring (bicyclic) bond motifs is 1. The maximum Gasteiger partial charge on any atom is 0.296 e.